The summed E-state index contributed by atoms with van der Waals surface area (Å²) < 4.78 is 29.6. The molecule has 0 spiro atoms. The Morgan fingerprint density at radius 1 is 0.412 bits per heavy atom. The predicted octanol–water partition coefficient (Wildman–Crippen LogP) is 2.55. The second kappa shape index (κ2) is 9.26. The minimum absolute atomic E-state index is 0.555. The summed E-state index contributed by atoms with van der Waals surface area (Å²) in [5.74, 6) is 0. The van der Waals surface area contributed by atoms with E-state index in [1.54, 1.807) is 122 Å². The first-order valence-electron chi connectivity index (χ1n) is 10.6. The van der Waals surface area contributed by atoms with Crippen molar-refractivity contribution < 1.29 is 9.13 Å². The van der Waals surface area contributed by atoms with Crippen LogP contribution in [0.2, 0.25) is 0 Å². The summed E-state index contributed by atoms with van der Waals surface area (Å²) in [5, 5.41) is 3.43. The lowest BCUT2D eigenvalue weighted by molar-refractivity contribution is 0.592. The normalized spacial score (nSPS) is 11.8. The molecule has 0 aliphatic carbocycles. The molecule has 0 bridgehead atoms. The van der Waals surface area contributed by atoms with Gasteiger partial charge in [-0.1, -0.05) is 18.2 Å². The first-order chi connectivity index (χ1) is 16.6. The number of hydrogen-bond donors (Lipinski definition) is 0. The van der Waals surface area contributed by atoms with Crippen LogP contribution in [-0.2, 0) is 9.13 Å². The van der Waals surface area contributed by atoms with E-state index in [1.807, 2.05) is 0 Å². The van der Waals surface area contributed by atoms with E-state index >= 15 is 0 Å². The molecule has 0 N–H and O–H groups in total. The zero-order chi connectivity index (χ0) is 23.4. The highest BCUT2D eigenvalue weighted by atomic mass is 31.2. The van der Waals surface area contributed by atoms with Crippen molar-refractivity contribution in [3.63, 3.8) is 0 Å². The van der Waals surface area contributed by atoms with Crippen LogP contribution in [0.5, 0.6) is 0 Å². The first kappa shape index (κ1) is 22.1. The third-order valence-electron chi connectivity index (χ3n) is 5.60. The molecule has 166 valence electrons. The highest BCUT2D eigenvalue weighted by Crippen LogP contribution is 2.45. The lowest BCUT2D eigenvalue weighted by Gasteiger charge is -2.23. The monoisotopic (exact) mass is 482 g/mol. The van der Waals surface area contributed by atoms with Crippen molar-refractivity contribution in [2.45, 2.75) is 0 Å². The van der Waals surface area contributed by atoms with Crippen molar-refractivity contribution in [3.05, 3.63) is 122 Å². The molecule has 1 aromatic carbocycles. The zero-order valence-electron chi connectivity index (χ0n) is 18.0. The Balaban J connectivity index is 1.76. The Morgan fingerprint density at radius 3 is 0.971 bits per heavy atom. The SMILES string of the molecule is O=P(c1cccnc1)(c1cccnc1)c1cccc(P(=O)(c2cccnc2)c2cccnc2)c1. The van der Waals surface area contributed by atoms with Gasteiger partial charge in [-0.15, -0.1) is 0 Å². The van der Waals surface area contributed by atoms with Gasteiger partial charge in [0.2, 0.25) is 0 Å². The molecule has 5 rings (SSSR count). The van der Waals surface area contributed by atoms with Gasteiger partial charge in [0.05, 0.1) is 0 Å². The second-order valence-electron chi connectivity index (χ2n) is 7.58. The van der Waals surface area contributed by atoms with Gasteiger partial charge in [-0.05, 0) is 54.6 Å². The summed E-state index contributed by atoms with van der Waals surface area (Å²) in [6, 6.07) is 21.4. The minimum atomic E-state index is -3.33. The van der Waals surface area contributed by atoms with E-state index in [4.69, 9.17) is 0 Å². The summed E-state index contributed by atoms with van der Waals surface area (Å²) in [6.45, 7) is 0. The van der Waals surface area contributed by atoms with Crippen LogP contribution >= 0.6 is 14.3 Å². The van der Waals surface area contributed by atoms with E-state index in [0.717, 1.165) is 0 Å². The number of pyridine rings is 4. The van der Waals surface area contributed by atoms with Crippen molar-refractivity contribution in [1.82, 2.24) is 19.9 Å². The van der Waals surface area contributed by atoms with Crippen molar-refractivity contribution in [2.24, 2.45) is 0 Å². The minimum Gasteiger partial charge on any atom is -0.309 e. The molecule has 4 aromatic heterocycles. The van der Waals surface area contributed by atoms with Gasteiger partial charge in [0.25, 0.3) is 0 Å². The van der Waals surface area contributed by atoms with Crippen molar-refractivity contribution in [3.8, 4) is 0 Å². The Kier molecular flexibility index (Phi) is 6.02. The smallest absolute Gasteiger partial charge is 0.174 e. The van der Waals surface area contributed by atoms with Crippen LogP contribution in [0.4, 0.5) is 0 Å². The highest BCUT2D eigenvalue weighted by Gasteiger charge is 2.34. The van der Waals surface area contributed by atoms with E-state index in [9.17, 15) is 9.13 Å². The van der Waals surface area contributed by atoms with Crippen LogP contribution < -0.4 is 31.8 Å². The maximum absolute atomic E-state index is 14.8. The number of hydrogen-bond acceptors (Lipinski definition) is 6. The van der Waals surface area contributed by atoms with Gasteiger partial charge in [-0.25, -0.2) is 0 Å². The van der Waals surface area contributed by atoms with Crippen molar-refractivity contribution in [2.75, 3.05) is 0 Å². The standard InChI is InChI=1S/C26H20N4O2P2/c31-33(23-8-2-12-27-17-23,24-9-3-13-28-18-24)21-6-1-7-22(16-21)34(32,25-10-4-14-29-19-25)26-11-5-15-30-20-26/h1-20H. The van der Waals surface area contributed by atoms with Gasteiger partial charge in [0, 0.05) is 81.4 Å². The fraction of sp³-hybridized carbons (Fsp3) is 0. The average molecular weight is 482 g/mol. The largest absolute Gasteiger partial charge is 0.309 e. The molecule has 0 saturated carbocycles. The number of rotatable bonds is 6. The average Bonchev–Trinajstić information content (AvgIpc) is 2.94. The lowest BCUT2D eigenvalue weighted by atomic mass is 10.4. The summed E-state index contributed by atoms with van der Waals surface area (Å²) in [6.07, 6.45) is 13.0. The molecule has 0 atom stereocenters. The van der Waals surface area contributed by atoms with E-state index in [0.29, 0.717) is 31.8 Å². The first-order valence-corrected chi connectivity index (χ1v) is 14.0. The van der Waals surface area contributed by atoms with Gasteiger partial charge in [-0.2, -0.15) is 0 Å². The molecule has 0 unspecified atom stereocenters. The Hall–Kier alpha value is -3.72. The highest BCUT2D eigenvalue weighted by molar-refractivity contribution is 7.86. The quantitative estimate of drug-likeness (QED) is 0.346. The Bertz CT molecular complexity index is 1300. The van der Waals surface area contributed by atoms with E-state index in [1.165, 1.54) is 0 Å². The third-order valence-corrected chi connectivity index (χ3v) is 11.6. The van der Waals surface area contributed by atoms with Crippen LogP contribution in [0.15, 0.2) is 122 Å². The van der Waals surface area contributed by atoms with Gasteiger partial charge in [0.15, 0.2) is 14.3 Å². The molecule has 0 radical (unpaired) electrons. The summed E-state index contributed by atoms with van der Waals surface area (Å²) in [4.78, 5) is 16.8. The summed E-state index contributed by atoms with van der Waals surface area (Å²) in [5.41, 5.74) is 0. The fourth-order valence-corrected chi connectivity index (χ4v) is 9.16. The van der Waals surface area contributed by atoms with Crippen molar-refractivity contribution >= 4 is 46.1 Å². The Labute approximate surface area is 197 Å². The van der Waals surface area contributed by atoms with Crippen LogP contribution in [0.1, 0.15) is 0 Å². The maximum atomic E-state index is 14.8. The van der Waals surface area contributed by atoms with E-state index in [2.05, 4.69) is 19.9 Å². The fourth-order valence-electron chi connectivity index (χ4n) is 3.94. The van der Waals surface area contributed by atoms with Gasteiger partial charge >= 0.3 is 0 Å². The van der Waals surface area contributed by atoms with E-state index < -0.39 is 14.3 Å². The maximum Gasteiger partial charge on any atom is 0.174 e. The number of benzene rings is 1. The molecule has 0 fully saturated rings. The molecule has 0 aliphatic rings. The van der Waals surface area contributed by atoms with Crippen molar-refractivity contribution in [1.29, 1.82) is 0 Å². The molecule has 4 heterocycles. The third kappa shape index (κ3) is 3.81. The molecular weight excluding hydrogens is 462 g/mol. The topological polar surface area (TPSA) is 85.7 Å². The molecule has 34 heavy (non-hydrogen) atoms. The van der Waals surface area contributed by atoms with Gasteiger partial charge < -0.3 is 9.13 Å². The van der Waals surface area contributed by atoms with Crippen LogP contribution in [0.25, 0.3) is 0 Å². The number of nitrogens with zero attached hydrogens (tertiary/aromatic N) is 4. The van der Waals surface area contributed by atoms with Crippen LogP contribution in [-0.4, -0.2) is 19.9 Å². The summed E-state index contributed by atoms with van der Waals surface area (Å²) in [7, 11) is -6.67. The van der Waals surface area contributed by atoms with Gasteiger partial charge in [-0.3, -0.25) is 19.9 Å². The zero-order valence-corrected chi connectivity index (χ0v) is 19.8. The molecule has 0 amide bonds. The molecule has 0 aliphatic heterocycles. The van der Waals surface area contributed by atoms with Gasteiger partial charge in [0.1, 0.15) is 0 Å². The Morgan fingerprint density at radius 2 is 0.706 bits per heavy atom. The lowest BCUT2D eigenvalue weighted by Crippen LogP contribution is -2.30. The molecule has 8 heteroatoms. The molecule has 0 saturated heterocycles. The van der Waals surface area contributed by atoms with Crippen LogP contribution in [0, 0.1) is 0 Å². The number of aromatic nitrogens is 4. The predicted molar refractivity (Wildman–Crippen MR) is 136 cm³/mol. The molecule has 6 nitrogen and oxygen atoms in total. The summed E-state index contributed by atoms with van der Waals surface area (Å²) >= 11 is 0. The second-order valence-corrected chi connectivity index (χ2v) is 13.1. The van der Waals surface area contributed by atoms with E-state index in [-0.39, 0.29) is 0 Å². The molecule has 5 aromatic rings. The molecular formula is C26H20N4O2P2. The van der Waals surface area contributed by atoms with Crippen LogP contribution in [0.3, 0.4) is 0 Å².